The molecule has 0 spiro atoms. The van der Waals surface area contributed by atoms with E-state index in [1.807, 2.05) is 0 Å². The Balaban J connectivity index is 1.58. The van der Waals surface area contributed by atoms with Gasteiger partial charge in [-0.25, -0.2) is 0 Å². The molecule has 110 valence electrons. The molecule has 1 aromatic carbocycles. The van der Waals surface area contributed by atoms with Crippen molar-refractivity contribution >= 4 is 5.69 Å². The molecule has 0 aromatic heterocycles. The summed E-state index contributed by atoms with van der Waals surface area (Å²) in [5.41, 5.74) is 4.08. The molecule has 0 amide bonds. The Kier molecular flexibility index (Phi) is 4.46. The molecule has 0 saturated carbocycles. The molecule has 3 heteroatoms. The van der Waals surface area contributed by atoms with Crippen molar-refractivity contribution < 1.29 is 4.74 Å². The lowest BCUT2D eigenvalue weighted by Gasteiger charge is -2.26. The van der Waals surface area contributed by atoms with E-state index in [-0.39, 0.29) is 0 Å². The number of hydrogen-bond acceptors (Lipinski definition) is 3. The van der Waals surface area contributed by atoms with Crippen molar-refractivity contribution in [2.45, 2.75) is 39.0 Å². The number of likely N-dealkylation sites (tertiary alicyclic amines) is 1. The number of piperidine rings is 1. The molecule has 1 aromatic rings. The van der Waals surface area contributed by atoms with Crippen LogP contribution in [0.25, 0.3) is 0 Å². The fourth-order valence-corrected chi connectivity index (χ4v) is 3.26. The molecule has 0 radical (unpaired) electrons. The molecule has 2 aliphatic rings. The van der Waals surface area contributed by atoms with Gasteiger partial charge in [0.25, 0.3) is 0 Å². The first-order valence-corrected chi connectivity index (χ1v) is 8.11. The number of rotatable bonds is 5. The minimum atomic E-state index is 0.811. The molecule has 0 aliphatic carbocycles. The van der Waals surface area contributed by atoms with E-state index in [9.17, 15) is 0 Å². The Morgan fingerprint density at radius 1 is 1.20 bits per heavy atom. The number of nitrogens with zero attached hydrogens (tertiary/aromatic N) is 1. The highest BCUT2D eigenvalue weighted by Crippen LogP contribution is 2.31. The van der Waals surface area contributed by atoms with Crippen LogP contribution in [0.15, 0.2) is 12.1 Å². The van der Waals surface area contributed by atoms with Crippen molar-refractivity contribution in [1.82, 2.24) is 4.90 Å². The van der Waals surface area contributed by atoms with Crippen molar-refractivity contribution in [3.63, 3.8) is 0 Å². The van der Waals surface area contributed by atoms with Crippen LogP contribution in [0.5, 0.6) is 5.75 Å². The zero-order valence-electron chi connectivity index (χ0n) is 12.6. The second kappa shape index (κ2) is 6.49. The quantitative estimate of drug-likeness (QED) is 0.893. The summed E-state index contributed by atoms with van der Waals surface area (Å²) in [6.07, 6.45) is 6.29. The second-order valence-electron chi connectivity index (χ2n) is 5.90. The van der Waals surface area contributed by atoms with Crippen LogP contribution in [0.4, 0.5) is 5.69 Å². The lowest BCUT2D eigenvalue weighted by molar-refractivity contribution is 0.183. The van der Waals surface area contributed by atoms with E-state index in [2.05, 4.69) is 29.3 Å². The van der Waals surface area contributed by atoms with Crippen LogP contribution in [-0.2, 0) is 12.8 Å². The molecule has 2 heterocycles. The van der Waals surface area contributed by atoms with E-state index in [0.29, 0.717) is 0 Å². The van der Waals surface area contributed by atoms with Crippen LogP contribution in [0.3, 0.4) is 0 Å². The third-order valence-electron chi connectivity index (χ3n) is 4.49. The molecule has 2 aliphatic heterocycles. The maximum absolute atomic E-state index is 6.07. The van der Waals surface area contributed by atoms with Crippen LogP contribution < -0.4 is 10.1 Å². The van der Waals surface area contributed by atoms with Gasteiger partial charge in [-0.2, -0.15) is 0 Å². The minimum Gasteiger partial charge on any atom is -0.492 e. The SMILES string of the molecule is CCc1cc2c(cc1OCCN1CCCCC1)NCC2. The van der Waals surface area contributed by atoms with Gasteiger partial charge >= 0.3 is 0 Å². The number of nitrogens with one attached hydrogen (secondary N) is 1. The van der Waals surface area contributed by atoms with E-state index >= 15 is 0 Å². The van der Waals surface area contributed by atoms with E-state index in [1.54, 1.807) is 0 Å². The summed E-state index contributed by atoms with van der Waals surface area (Å²) < 4.78 is 6.07. The maximum Gasteiger partial charge on any atom is 0.124 e. The highest BCUT2D eigenvalue weighted by atomic mass is 16.5. The predicted octanol–water partition coefficient (Wildman–Crippen LogP) is 3.08. The summed E-state index contributed by atoms with van der Waals surface area (Å²) >= 11 is 0. The van der Waals surface area contributed by atoms with Crippen molar-refractivity contribution in [2.75, 3.05) is 38.1 Å². The van der Waals surface area contributed by atoms with Gasteiger partial charge < -0.3 is 10.1 Å². The molecule has 3 nitrogen and oxygen atoms in total. The number of benzene rings is 1. The fraction of sp³-hybridized carbons (Fsp3) is 0.647. The van der Waals surface area contributed by atoms with Crippen molar-refractivity contribution in [3.05, 3.63) is 23.3 Å². The Bertz CT molecular complexity index is 453. The van der Waals surface area contributed by atoms with Gasteiger partial charge in [0.05, 0.1) is 0 Å². The zero-order valence-corrected chi connectivity index (χ0v) is 12.6. The van der Waals surface area contributed by atoms with Gasteiger partial charge in [0.2, 0.25) is 0 Å². The first-order chi connectivity index (χ1) is 9.86. The number of fused-ring (bicyclic) bond motifs is 1. The van der Waals surface area contributed by atoms with Gasteiger partial charge in [0.1, 0.15) is 12.4 Å². The molecular weight excluding hydrogens is 248 g/mol. The average Bonchev–Trinajstić information content (AvgIpc) is 2.94. The number of ether oxygens (including phenoxy) is 1. The Morgan fingerprint density at radius 2 is 2.05 bits per heavy atom. The van der Waals surface area contributed by atoms with Gasteiger partial charge in [-0.3, -0.25) is 4.90 Å². The average molecular weight is 274 g/mol. The first-order valence-electron chi connectivity index (χ1n) is 8.11. The standard InChI is InChI=1S/C17H26N2O/c1-2-14-12-15-6-7-18-16(15)13-17(14)20-11-10-19-8-4-3-5-9-19/h12-13,18H,2-11H2,1H3. The molecule has 20 heavy (non-hydrogen) atoms. The summed E-state index contributed by atoms with van der Waals surface area (Å²) in [4.78, 5) is 2.53. The molecule has 0 bridgehead atoms. The van der Waals surface area contributed by atoms with Gasteiger partial charge in [-0.05, 0) is 49.9 Å². The molecule has 3 rings (SSSR count). The molecule has 1 N–H and O–H groups in total. The van der Waals surface area contributed by atoms with Crippen LogP contribution >= 0.6 is 0 Å². The summed E-state index contributed by atoms with van der Waals surface area (Å²) in [6, 6.07) is 4.53. The summed E-state index contributed by atoms with van der Waals surface area (Å²) in [5.74, 6) is 1.08. The maximum atomic E-state index is 6.07. The van der Waals surface area contributed by atoms with Crippen LogP contribution in [-0.4, -0.2) is 37.7 Å². The summed E-state index contributed by atoms with van der Waals surface area (Å²) in [6.45, 7) is 7.64. The zero-order chi connectivity index (χ0) is 13.8. The van der Waals surface area contributed by atoms with E-state index in [4.69, 9.17) is 4.74 Å². The Hall–Kier alpha value is -1.22. The predicted molar refractivity (Wildman–Crippen MR) is 83.8 cm³/mol. The number of hydrogen-bond donors (Lipinski definition) is 1. The highest BCUT2D eigenvalue weighted by molar-refractivity contribution is 5.61. The summed E-state index contributed by atoms with van der Waals surface area (Å²) in [7, 11) is 0. The van der Waals surface area contributed by atoms with Crippen molar-refractivity contribution in [1.29, 1.82) is 0 Å². The third kappa shape index (κ3) is 3.09. The molecular formula is C17H26N2O. The van der Waals surface area contributed by atoms with Crippen molar-refractivity contribution in [2.24, 2.45) is 0 Å². The second-order valence-corrected chi connectivity index (χ2v) is 5.90. The fourth-order valence-electron chi connectivity index (χ4n) is 3.26. The Morgan fingerprint density at radius 3 is 2.85 bits per heavy atom. The lowest BCUT2D eigenvalue weighted by atomic mass is 10.1. The topological polar surface area (TPSA) is 24.5 Å². The highest BCUT2D eigenvalue weighted by Gasteiger charge is 2.15. The minimum absolute atomic E-state index is 0.811. The number of aryl methyl sites for hydroxylation is 1. The van der Waals surface area contributed by atoms with Gasteiger partial charge in [0.15, 0.2) is 0 Å². The van der Waals surface area contributed by atoms with E-state index < -0.39 is 0 Å². The van der Waals surface area contributed by atoms with Gasteiger partial charge in [-0.1, -0.05) is 19.4 Å². The van der Waals surface area contributed by atoms with E-state index in [1.165, 1.54) is 49.2 Å². The van der Waals surface area contributed by atoms with E-state index in [0.717, 1.165) is 38.3 Å². The summed E-state index contributed by atoms with van der Waals surface area (Å²) in [5, 5.41) is 3.44. The molecule has 1 saturated heterocycles. The molecule has 0 unspecified atom stereocenters. The molecule has 0 atom stereocenters. The number of anilines is 1. The lowest BCUT2D eigenvalue weighted by Crippen LogP contribution is -2.33. The Labute approximate surface area is 122 Å². The van der Waals surface area contributed by atoms with Crippen LogP contribution in [0.2, 0.25) is 0 Å². The van der Waals surface area contributed by atoms with Gasteiger partial charge in [0, 0.05) is 24.8 Å². The van der Waals surface area contributed by atoms with Gasteiger partial charge in [-0.15, -0.1) is 0 Å². The van der Waals surface area contributed by atoms with Crippen LogP contribution in [0.1, 0.15) is 37.3 Å². The van der Waals surface area contributed by atoms with Crippen LogP contribution in [0, 0.1) is 0 Å². The largest absolute Gasteiger partial charge is 0.492 e. The normalized spacial score (nSPS) is 18.6. The smallest absolute Gasteiger partial charge is 0.124 e. The molecule has 1 fully saturated rings. The monoisotopic (exact) mass is 274 g/mol. The van der Waals surface area contributed by atoms with Crippen molar-refractivity contribution in [3.8, 4) is 5.75 Å². The first kappa shape index (κ1) is 13.7. The third-order valence-corrected chi connectivity index (χ3v) is 4.49.